The Balaban J connectivity index is 1.77. The summed E-state index contributed by atoms with van der Waals surface area (Å²) in [5, 5.41) is 10.1. The van der Waals surface area contributed by atoms with Crippen LogP contribution in [0.4, 0.5) is 0 Å². The standard InChI is InChI=1S/C23H25NO8S/c1-14-9-11-16(12-10-14)33(28,29)24-17(22(26)27)18(30-13-15-7-5-4-6-8-15)19-20(21(24)25)32-23(2,3)31-19/h4-12,17-20H,13H2,1-3H3,(H,26,27)/t17-,18-,19+,20+/m1/s1. The average Bonchev–Trinajstić information content (AvgIpc) is 3.09. The molecule has 2 aliphatic rings. The first-order chi connectivity index (χ1) is 15.5. The van der Waals surface area contributed by atoms with Crippen LogP contribution < -0.4 is 0 Å². The number of ether oxygens (including phenoxy) is 3. The van der Waals surface area contributed by atoms with E-state index in [1.165, 1.54) is 12.1 Å². The van der Waals surface area contributed by atoms with Crippen molar-refractivity contribution in [3.8, 4) is 0 Å². The van der Waals surface area contributed by atoms with E-state index in [1.807, 2.05) is 6.07 Å². The van der Waals surface area contributed by atoms with Gasteiger partial charge in [0.1, 0.15) is 12.2 Å². The van der Waals surface area contributed by atoms with Crippen LogP contribution >= 0.6 is 0 Å². The van der Waals surface area contributed by atoms with Crippen LogP contribution in [0, 0.1) is 6.92 Å². The van der Waals surface area contributed by atoms with Crippen LogP contribution in [-0.4, -0.2) is 59.8 Å². The lowest BCUT2D eigenvalue weighted by Crippen LogP contribution is -2.67. The highest BCUT2D eigenvalue weighted by atomic mass is 32.2. The molecule has 1 N–H and O–H groups in total. The Kier molecular flexibility index (Phi) is 6.04. The van der Waals surface area contributed by atoms with Gasteiger partial charge in [-0.1, -0.05) is 48.0 Å². The number of nitrogens with zero attached hydrogens (tertiary/aromatic N) is 1. The van der Waals surface area contributed by atoms with Gasteiger partial charge in [-0.05, 0) is 38.5 Å². The van der Waals surface area contributed by atoms with Crippen molar-refractivity contribution in [1.29, 1.82) is 0 Å². The Hall–Kier alpha value is -2.79. The highest BCUT2D eigenvalue weighted by Gasteiger charge is 2.62. The molecule has 2 aromatic carbocycles. The van der Waals surface area contributed by atoms with Gasteiger partial charge in [-0.3, -0.25) is 4.79 Å². The van der Waals surface area contributed by atoms with Crippen molar-refractivity contribution in [3.63, 3.8) is 0 Å². The zero-order chi connectivity index (χ0) is 24.0. The number of hydrogen-bond acceptors (Lipinski definition) is 7. The van der Waals surface area contributed by atoms with Gasteiger partial charge in [0.25, 0.3) is 15.9 Å². The number of piperidine rings is 1. The van der Waals surface area contributed by atoms with E-state index in [1.54, 1.807) is 57.2 Å². The summed E-state index contributed by atoms with van der Waals surface area (Å²) in [6.07, 6.45) is -3.73. The van der Waals surface area contributed by atoms with E-state index in [4.69, 9.17) is 14.2 Å². The number of carbonyl (C=O) groups is 2. The molecule has 2 aliphatic heterocycles. The molecule has 2 fully saturated rings. The molecule has 2 heterocycles. The van der Waals surface area contributed by atoms with Gasteiger partial charge in [-0.25, -0.2) is 17.5 Å². The number of benzene rings is 2. The minimum atomic E-state index is -4.53. The van der Waals surface area contributed by atoms with Gasteiger partial charge in [0.2, 0.25) is 0 Å². The Morgan fingerprint density at radius 3 is 2.33 bits per heavy atom. The van der Waals surface area contributed by atoms with Gasteiger partial charge in [0.15, 0.2) is 17.9 Å². The number of hydrogen-bond donors (Lipinski definition) is 1. The largest absolute Gasteiger partial charge is 0.480 e. The fourth-order valence-electron chi connectivity index (χ4n) is 4.08. The predicted octanol–water partition coefficient (Wildman–Crippen LogP) is 2.08. The quantitative estimate of drug-likeness (QED) is 0.675. The Morgan fingerprint density at radius 1 is 1.09 bits per heavy atom. The van der Waals surface area contributed by atoms with E-state index in [2.05, 4.69) is 0 Å². The highest BCUT2D eigenvalue weighted by Crippen LogP contribution is 2.40. The molecule has 0 aromatic heterocycles. The van der Waals surface area contributed by atoms with Gasteiger partial charge >= 0.3 is 5.97 Å². The third-order valence-corrected chi connectivity index (χ3v) is 7.39. The molecule has 33 heavy (non-hydrogen) atoms. The SMILES string of the molecule is Cc1ccc(S(=O)(=O)N2C(=O)[C@H]3OC(C)(C)O[C@H]3[C@H](OCc3ccccc3)[C@@H]2C(=O)O)cc1. The lowest BCUT2D eigenvalue weighted by atomic mass is 9.95. The van der Waals surface area contributed by atoms with Crippen molar-refractivity contribution in [2.75, 3.05) is 0 Å². The zero-order valence-electron chi connectivity index (χ0n) is 18.4. The van der Waals surface area contributed by atoms with Gasteiger partial charge < -0.3 is 19.3 Å². The molecule has 10 heteroatoms. The number of amides is 1. The van der Waals surface area contributed by atoms with E-state index in [0.717, 1.165) is 11.1 Å². The molecule has 0 aliphatic carbocycles. The number of rotatable bonds is 6. The van der Waals surface area contributed by atoms with Crippen molar-refractivity contribution in [3.05, 3.63) is 65.7 Å². The van der Waals surface area contributed by atoms with Crippen LogP contribution in [0.3, 0.4) is 0 Å². The maximum Gasteiger partial charge on any atom is 0.330 e. The number of aliphatic carboxylic acids is 1. The maximum absolute atomic E-state index is 13.5. The Labute approximate surface area is 191 Å². The van der Waals surface area contributed by atoms with Crippen LogP contribution in [0.15, 0.2) is 59.5 Å². The molecular formula is C23H25NO8S. The fraction of sp³-hybridized carbons (Fsp3) is 0.391. The lowest BCUT2D eigenvalue weighted by molar-refractivity contribution is -0.175. The van der Waals surface area contributed by atoms with Crippen LogP contribution in [0.5, 0.6) is 0 Å². The number of carbonyl (C=O) groups excluding carboxylic acids is 1. The monoisotopic (exact) mass is 475 g/mol. The molecule has 0 bridgehead atoms. The summed E-state index contributed by atoms with van der Waals surface area (Å²) in [6.45, 7) is 4.92. The van der Waals surface area contributed by atoms with E-state index >= 15 is 0 Å². The number of carboxylic acids is 1. The smallest absolute Gasteiger partial charge is 0.330 e. The second-order valence-electron chi connectivity index (χ2n) is 8.52. The molecule has 1 amide bonds. The molecule has 9 nitrogen and oxygen atoms in total. The lowest BCUT2D eigenvalue weighted by Gasteiger charge is -2.41. The number of fused-ring (bicyclic) bond motifs is 1. The van der Waals surface area contributed by atoms with Crippen LogP contribution in [0.2, 0.25) is 0 Å². The number of carboxylic acid groups (broad SMARTS) is 1. The summed E-state index contributed by atoms with van der Waals surface area (Å²) in [5.41, 5.74) is 1.56. The molecule has 2 saturated heterocycles. The van der Waals surface area contributed by atoms with Gasteiger partial charge in [0.05, 0.1) is 11.5 Å². The summed E-state index contributed by atoms with van der Waals surface area (Å²) in [6, 6.07) is 13.0. The molecule has 4 rings (SSSR count). The fourth-order valence-corrected chi connectivity index (χ4v) is 5.64. The van der Waals surface area contributed by atoms with Crippen LogP contribution in [0.1, 0.15) is 25.0 Å². The molecule has 0 unspecified atom stereocenters. The molecular weight excluding hydrogens is 450 g/mol. The Morgan fingerprint density at radius 2 is 1.73 bits per heavy atom. The minimum Gasteiger partial charge on any atom is -0.480 e. The molecule has 0 spiro atoms. The van der Waals surface area contributed by atoms with Gasteiger partial charge in [0, 0.05) is 0 Å². The molecule has 0 radical (unpaired) electrons. The van der Waals surface area contributed by atoms with E-state index in [0.29, 0.717) is 4.31 Å². The normalized spacial score (nSPS) is 26.8. The van der Waals surface area contributed by atoms with Crippen molar-refractivity contribution in [2.45, 2.75) is 62.4 Å². The highest BCUT2D eigenvalue weighted by molar-refractivity contribution is 7.89. The van der Waals surface area contributed by atoms with Gasteiger partial charge in [-0.15, -0.1) is 0 Å². The van der Waals surface area contributed by atoms with E-state index in [9.17, 15) is 23.1 Å². The molecule has 2 aromatic rings. The minimum absolute atomic E-state index is 0.00505. The van der Waals surface area contributed by atoms with Crippen molar-refractivity contribution < 1.29 is 37.3 Å². The maximum atomic E-state index is 13.5. The first-order valence-electron chi connectivity index (χ1n) is 10.4. The summed E-state index contributed by atoms with van der Waals surface area (Å²) < 4.78 is 44.8. The van der Waals surface area contributed by atoms with Gasteiger partial charge in [-0.2, -0.15) is 0 Å². The first kappa shape index (κ1) is 23.4. The van der Waals surface area contributed by atoms with Crippen molar-refractivity contribution in [2.24, 2.45) is 0 Å². The predicted molar refractivity (Wildman–Crippen MR) is 115 cm³/mol. The third kappa shape index (κ3) is 4.39. The van der Waals surface area contributed by atoms with E-state index < -0.39 is 52.0 Å². The van der Waals surface area contributed by atoms with Crippen molar-refractivity contribution >= 4 is 21.9 Å². The molecule has 4 atom stereocenters. The van der Waals surface area contributed by atoms with E-state index in [-0.39, 0.29) is 11.5 Å². The molecule has 176 valence electrons. The Bertz CT molecular complexity index is 1150. The second-order valence-corrected chi connectivity index (χ2v) is 10.3. The number of aryl methyl sites for hydroxylation is 1. The van der Waals surface area contributed by atoms with Crippen LogP contribution in [0.25, 0.3) is 0 Å². The summed E-state index contributed by atoms with van der Waals surface area (Å²) in [4.78, 5) is 25.5. The number of sulfonamides is 1. The molecule has 0 saturated carbocycles. The third-order valence-electron chi connectivity index (χ3n) is 5.59. The van der Waals surface area contributed by atoms with Crippen LogP contribution in [-0.2, 0) is 40.4 Å². The summed E-state index contributed by atoms with van der Waals surface area (Å²) in [5.74, 6) is -3.76. The average molecular weight is 476 g/mol. The zero-order valence-corrected chi connectivity index (χ0v) is 19.2. The summed E-state index contributed by atoms with van der Waals surface area (Å²) in [7, 11) is -4.53. The second kappa shape index (κ2) is 8.53. The topological polar surface area (TPSA) is 119 Å². The first-order valence-corrected chi connectivity index (χ1v) is 11.8. The van der Waals surface area contributed by atoms with Crippen molar-refractivity contribution in [1.82, 2.24) is 4.31 Å². The summed E-state index contributed by atoms with van der Waals surface area (Å²) >= 11 is 0.